The average molecular weight is 470 g/mol. The molecular weight excluding hydrogens is 438 g/mol. The number of nitrogens with one attached hydrogen (secondary N) is 2. The number of amides is 3. The molecule has 2 fully saturated rings. The minimum Gasteiger partial charge on any atom is -0.342 e. The second-order valence-corrected chi connectivity index (χ2v) is 9.40. The molecule has 3 heterocycles. The third-order valence-corrected chi connectivity index (χ3v) is 6.85. The number of benzene rings is 1. The highest BCUT2D eigenvalue weighted by Crippen LogP contribution is 2.23. The Hall–Kier alpha value is -2.64. The van der Waals surface area contributed by atoms with Crippen LogP contribution in [-0.4, -0.2) is 58.9 Å². The van der Waals surface area contributed by atoms with Gasteiger partial charge in [-0.05, 0) is 74.2 Å². The summed E-state index contributed by atoms with van der Waals surface area (Å²) in [7, 11) is 0. The van der Waals surface area contributed by atoms with Gasteiger partial charge in [0.25, 0.3) is 0 Å². The molecule has 2 aliphatic heterocycles. The molecule has 1 aromatic carbocycles. The van der Waals surface area contributed by atoms with Crippen molar-refractivity contribution in [3.8, 4) is 0 Å². The number of aromatic nitrogens is 1. The smallest absolute Gasteiger partial charge is 0.315 e. The molecule has 0 saturated carbocycles. The van der Waals surface area contributed by atoms with Crippen LogP contribution in [0.2, 0.25) is 5.02 Å². The number of pyridine rings is 1. The molecule has 2 N–H and O–H groups in total. The van der Waals surface area contributed by atoms with Gasteiger partial charge in [-0.15, -0.1) is 0 Å². The fraction of sp³-hybridized carbons (Fsp3) is 0.480. The third-order valence-electron chi connectivity index (χ3n) is 6.60. The Balaban J connectivity index is 1.14. The summed E-state index contributed by atoms with van der Waals surface area (Å²) in [5.74, 6) is 0.398. The second-order valence-electron chi connectivity index (χ2n) is 8.96. The number of nitrogens with zero attached hydrogens (tertiary/aromatic N) is 3. The van der Waals surface area contributed by atoms with Crippen LogP contribution >= 0.6 is 11.6 Å². The molecule has 176 valence electrons. The summed E-state index contributed by atoms with van der Waals surface area (Å²) < 4.78 is 0. The van der Waals surface area contributed by atoms with Crippen LogP contribution in [-0.2, 0) is 17.9 Å². The summed E-state index contributed by atoms with van der Waals surface area (Å²) in [5.41, 5.74) is 2.27. The van der Waals surface area contributed by atoms with Crippen molar-refractivity contribution in [1.29, 1.82) is 0 Å². The van der Waals surface area contributed by atoms with Crippen molar-refractivity contribution in [1.82, 2.24) is 25.4 Å². The molecule has 0 bridgehead atoms. The van der Waals surface area contributed by atoms with Crippen molar-refractivity contribution < 1.29 is 9.59 Å². The fourth-order valence-corrected chi connectivity index (χ4v) is 4.73. The number of hydrogen-bond acceptors (Lipinski definition) is 4. The van der Waals surface area contributed by atoms with Gasteiger partial charge in [0, 0.05) is 55.6 Å². The van der Waals surface area contributed by atoms with Gasteiger partial charge in [-0.2, -0.15) is 0 Å². The predicted octanol–water partition coefficient (Wildman–Crippen LogP) is 3.44. The number of halogens is 1. The highest BCUT2D eigenvalue weighted by atomic mass is 35.5. The van der Waals surface area contributed by atoms with Crippen molar-refractivity contribution in [2.45, 2.75) is 44.8 Å². The maximum atomic E-state index is 13.0. The first-order valence-corrected chi connectivity index (χ1v) is 12.1. The lowest BCUT2D eigenvalue weighted by atomic mass is 9.93. The molecule has 4 rings (SSSR count). The number of piperidine rings is 2. The van der Waals surface area contributed by atoms with Gasteiger partial charge >= 0.3 is 6.03 Å². The lowest BCUT2D eigenvalue weighted by molar-refractivity contribution is -0.138. The zero-order valence-corrected chi connectivity index (χ0v) is 19.6. The molecule has 1 aromatic heterocycles. The number of hydrogen-bond donors (Lipinski definition) is 2. The number of likely N-dealkylation sites (tertiary alicyclic amines) is 2. The number of urea groups is 1. The summed E-state index contributed by atoms with van der Waals surface area (Å²) in [4.78, 5) is 33.7. The Morgan fingerprint density at radius 3 is 2.24 bits per heavy atom. The van der Waals surface area contributed by atoms with E-state index in [2.05, 4.69) is 20.5 Å². The highest BCUT2D eigenvalue weighted by molar-refractivity contribution is 6.30. The monoisotopic (exact) mass is 469 g/mol. The van der Waals surface area contributed by atoms with Crippen molar-refractivity contribution in [3.05, 3.63) is 64.9 Å². The van der Waals surface area contributed by atoms with Crippen molar-refractivity contribution in [3.63, 3.8) is 0 Å². The third kappa shape index (κ3) is 6.92. The summed E-state index contributed by atoms with van der Waals surface area (Å²) in [6, 6.07) is 11.5. The molecule has 0 radical (unpaired) electrons. The van der Waals surface area contributed by atoms with E-state index in [4.69, 9.17) is 11.6 Å². The van der Waals surface area contributed by atoms with Crippen LogP contribution in [0.3, 0.4) is 0 Å². The zero-order chi connectivity index (χ0) is 23.0. The van der Waals surface area contributed by atoms with Gasteiger partial charge in [0.15, 0.2) is 0 Å². The second kappa shape index (κ2) is 11.5. The van der Waals surface area contributed by atoms with Crippen LogP contribution in [0.15, 0.2) is 48.8 Å². The van der Waals surface area contributed by atoms with Crippen molar-refractivity contribution in [2.24, 2.45) is 5.92 Å². The van der Waals surface area contributed by atoms with E-state index < -0.39 is 0 Å². The maximum absolute atomic E-state index is 13.0. The lowest BCUT2D eigenvalue weighted by Crippen LogP contribution is -2.50. The van der Waals surface area contributed by atoms with Gasteiger partial charge in [0.2, 0.25) is 5.91 Å². The summed E-state index contributed by atoms with van der Waals surface area (Å²) in [5, 5.41) is 6.61. The standard InChI is InChI=1S/C25H32ClN5O2/c26-22-3-1-19(2-4-22)17-28-25(33)29-23-9-15-31(16-10-23)24(32)21-7-13-30(14-8-21)18-20-5-11-27-12-6-20/h1-6,11-12,21,23H,7-10,13-18H2,(H2,28,29,33). The average Bonchev–Trinajstić information content (AvgIpc) is 2.85. The molecule has 2 aliphatic rings. The molecule has 8 heteroatoms. The Kier molecular flexibility index (Phi) is 8.18. The van der Waals surface area contributed by atoms with Gasteiger partial charge in [0.05, 0.1) is 0 Å². The van der Waals surface area contributed by atoms with Gasteiger partial charge in [-0.3, -0.25) is 14.7 Å². The molecule has 7 nitrogen and oxygen atoms in total. The van der Waals surface area contributed by atoms with Gasteiger partial charge in [0.1, 0.15) is 0 Å². The molecule has 0 atom stereocenters. The van der Waals surface area contributed by atoms with E-state index in [1.165, 1.54) is 5.56 Å². The molecular formula is C25H32ClN5O2. The quantitative estimate of drug-likeness (QED) is 0.679. The Bertz CT molecular complexity index is 908. The first-order valence-electron chi connectivity index (χ1n) is 11.8. The molecule has 33 heavy (non-hydrogen) atoms. The van der Waals surface area contributed by atoms with E-state index in [9.17, 15) is 9.59 Å². The first kappa shape index (κ1) is 23.5. The molecule has 0 unspecified atom stereocenters. The molecule has 2 aromatic rings. The van der Waals surface area contributed by atoms with E-state index in [-0.39, 0.29) is 23.9 Å². The van der Waals surface area contributed by atoms with Crippen LogP contribution < -0.4 is 10.6 Å². The van der Waals surface area contributed by atoms with Gasteiger partial charge in [-0.1, -0.05) is 23.7 Å². The molecule has 0 spiro atoms. The van der Waals surface area contributed by atoms with Crippen molar-refractivity contribution in [2.75, 3.05) is 26.2 Å². The normalized spacial score (nSPS) is 18.2. The van der Waals surface area contributed by atoms with E-state index in [0.29, 0.717) is 24.7 Å². The maximum Gasteiger partial charge on any atom is 0.315 e. The van der Waals surface area contributed by atoms with Gasteiger partial charge < -0.3 is 15.5 Å². The van der Waals surface area contributed by atoms with E-state index in [0.717, 1.165) is 50.9 Å². The number of carbonyl (C=O) groups excluding carboxylic acids is 2. The Labute approximate surface area is 200 Å². The van der Waals surface area contributed by atoms with Crippen LogP contribution in [0, 0.1) is 5.92 Å². The molecule has 0 aliphatic carbocycles. The van der Waals surface area contributed by atoms with Crippen LogP contribution in [0.5, 0.6) is 0 Å². The molecule has 2 saturated heterocycles. The van der Waals surface area contributed by atoms with Crippen LogP contribution in [0.4, 0.5) is 4.79 Å². The fourth-order valence-electron chi connectivity index (χ4n) is 4.61. The van der Waals surface area contributed by atoms with Crippen LogP contribution in [0.1, 0.15) is 36.8 Å². The number of carbonyl (C=O) groups is 2. The topological polar surface area (TPSA) is 77.6 Å². The van der Waals surface area contributed by atoms with Gasteiger partial charge in [-0.25, -0.2) is 4.79 Å². The Morgan fingerprint density at radius 1 is 0.909 bits per heavy atom. The van der Waals surface area contributed by atoms with Crippen LogP contribution in [0.25, 0.3) is 0 Å². The summed E-state index contributed by atoms with van der Waals surface area (Å²) in [6.45, 7) is 4.69. The van der Waals surface area contributed by atoms with E-state index >= 15 is 0 Å². The molecule has 3 amide bonds. The van der Waals surface area contributed by atoms with E-state index in [1.54, 1.807) is 0 Å². The summed E-state index contributed by atoms with van der Waals surface area (Å²) >= 11 is 5.89. The summed E-state index contributed by atoms with van der Waals surface area (Å²) in [6.07, 6.45) is 7.06. The SMILES string of the molecule is O=C(NCc1ccc(Cl)cc1)NC1CCN(C(=O)C2CCN(Cc3ccncc3)CC2)CC1. The largest absolute Gasteiger partial charge is 0.342 e. The minimum absolute atomic E-state index is 0.0986. The lowest BCUT2D eigenvalue weighted by Gasteiger charge is -2.37. The van der Waals surface area contributed by atoms with E-state index in [1.807, 2.05) is 53.7 Å². The zero-order valence-electron chi connectivity index (χ0n) is 18.9. The Morgan fingerprint density at radius 2 is 1.58 bits per heavy atom. The first-order chi connectivity index (χ1) is 16.1. The number of rotatable bonds is 6. The minimum atomic E-state index is -0.170. The van der Waals surface area contributed by atoms with Crippen molar-refractivity contribution >= 4 is 23.5 Å². The predicted molar refractivity (Wildman–Crippen MR) is 129 cm³/mol. The highest BCUT2D eigenvalue weighted by Gasteiger charge is 2.31.